The number of para-hydroxylation sites is 2. The van der Waals surface area contributed by atoms with Gasteiger partial charge in [-0.1, -0.05) is 170 Å². The SMILES string of the molecule is c1ccc(-c2ccc(-c3ccc4c(c3)c3cc(-c5ccc(-c6ccccc6)cc5)ccc3n4-c3cccc(-c4cccc5c4oc4ccccc45)c3)cc2)cc1. The molecule has 9 aromatic carbocycles. The van der Waals surface area contributed by atoms with Crippen molar-refractivity contribution in [2.75, 3.05) is 0 Å². The first-order valence-electron chi connectivity index (χ1n) is 19.2. The van der Waals surface area contributed by atoms with Gasteiger partial charge in [-0.05, 0) is 92.5 Å². The van der Waals surface area contributed by atoms with Crippen molar-refractivity contribution in [1.82, 2.24) is 4.57 Å². The van der Waals surface area contributed by atoms with E-state index in [1.54, 1.807) is 0 Å². The van der Waals surface area contributed by atoms with Gasteiger partial charge in [0.2, 0.25) is 0 Å². The Bertz CT molecular complexity index is 3070. The van der Waals surface area contributed by atoms with Crippen molar-refractivity contribution in [1.29, 1.82) is 0 Å². The summed E-state index contributed by atoms with van der Waals surface area (Å²) in [4.78, 5) is 0. The third-order valence-corrected chi connectivity index (χ3v) is 11.2. The molecule has 11 aromatic rings. The zero-order chi connectivity index (χ0) is 37.0. The molecule has 0 aliphatic heterocycles. The molecule has 2 heterocycles. The number of furan rings is 1. The Labute approximate surface area is 325 Å². The van der Waals surface area contributed by atoms with Gasteiger partial charge in [-0.3, -0.25) is 0 Å². The van der Waals surface area contributed by atoms with Gasteiger partial charge in [-0.15, -0.1) is 0 Å². The van der Waals surface area contributed by atoms with Crippen LogP contribution in [0.3, 0.4) is 0 Å². The van der Waals surface area contributed by atoms with E-state index >= 15 is 0 Å². The molecule has 0 saturated heterocycles. The summed E-state index contributed by atoms with van der Waals surface area (Å²) < 4.78 is 8.89. The van der Waals surface area contributed by atoms with E-state index in [0.717, 1.165) is 38.8 Å². The van der Waals surface area contributed by atoms with Crippen LogP contribution in [0.1, 0.15) is 0 Å². The summed E-state index contributed by atoms with van der Waals surface area (Å²) in [6, 6.07) is 76.4. The van der Waals surface area contributed by atoms with E-state index in [2.05, 4.69) is 205 Å². The van der Waals surface area contributed by atoms with Crippen molar-refractivity contribution >= 4 is 43.7 Å². The molecule has 0 spiro atoms. The van der Waals surface area contributed by atoms with Crippen LogP contribution < -0.4 is 0 Å². The Balaban J connectivity index is 1.07. The molecule has 0 amide bonds. The molecular weight excluding hydrogens is 679 g/mol. The number of aromatic nitrogens is 1. The summed E-state index contributed by atoms with van der Waals surface area (Å²) in [5.41, 5.74) is 17.1. The maximum Gasteiger partial charge on any atom is 0.143 e. The summed E-state index contributed by atoms with van der Waals surface area (Å²) >= 11 is 0. The third-order valence-electron chi connectivity index (χ3n) is 11.2. The molecule has 0 aliphatic carbocycles. The molecule has 2 nitrogen and oxygen atoms in total. The van der Waals surface area contributed by atoms with E-state index in [9.17, 15) is 0 Å². The van der Waals surface area contributed by atoms with Gasteiger partial charge in [0.1, 0.15) is 11.2 Å². The number of hydrogen-bond acceptors (Lipinski definition) is 1. The molecule has 2 heteroatoms. The Kier molecular flexibility index (Phi) is 7.53. The molecule has 0 aliphatic rings. The van der Waals surface area contributed by atoms with Crippen molar-refractivity contribution in [3.63, 3.8) is 0 Å². The van der Waals surface area contributed by atoms with Gasteiger partial charge < -0.3 is 8.98 Å². The highest BCUT2D eigenvalue weighted by Crippen LogP contribution is 2.40. The standard InChI is InChI=1S/C54H35NO/c1-3-11-36(12-4-1)38-21-25-40(26-22-38)42-29-31-51-49(34-42)50-35-43(41-27-23-39(24-28-41)37-13-5-2-6-14-37)30-32-52(50)55(51)45-16-9-15-44(33-45)46-18-10-19-48-47-17-7-8-20-53(47)56-54(46)48/h1-35H. The van der Waals surface area contributed by atoms with Crippen LogP contribution in [0.2, 0.25) is 0 Å². The van der Waals surface area contributed by atoms with E-state index in [4.69, 9.17) is 4.42 Å². The summed E-state index contributed by atoms with van der Waals surface area (Å²) in [7, 11) is 0. The van der Waals surface area contributed by atoms with Crippen LogP contribution in [-0.4, -0.2) is 4.57 Å². The van der Waals surface area contributed by atoms with Crippen LogP contribution in [0.4, 0.5) is 0 Å². The number of nitrogens with zero attached hydrogens (tertiary/aromatic N) is 1. The normalized spacial score (nSPS) is 11.6. The zero-order valence-electron chi connectivity index (χ0n) is 30.6. The van der Waals surface area contributed by atoms with E-state index in [0.29, 0.717) is 0 Å². The average molecular weight is 714 g/mol. The molecule has 0 unspecified atom stereocenters. The molecule has 2 aromatic heterocycles. The first-order valence-corrected chi connectivity index (χ1v) is 19.2. The molecule has 0 bridgehead atoms. The van der Waals surface area contributed by atoms with Crippen molar-refractivity contribution in [2.24, 2.45) is 0 Å². The maximum atomic E-state index is 6.48. The Morgan fingerprint density at radius 2 is 0.732 bits per heavy atom. The van der Waals surface area contributed by atoms with E-state index in [1.807, 2.05) is 12.1 Å². The van der Waals surface area contributed by atoms with Crippen molar-refractivity contribution in [2.45, 2.75) is 0 Å². The largest absolute Gasteiger partial charge is 0.455 e. The van der Waals surface area contributed by atoms with E-state index in [1.165, 1.54) is 66.3 Å². The first kappa shape index (κ1) is 32.0. The summed E-state index contributed by atoms with van der Waals surface area (Å²) in [6.45, 7) is 0. The molecule has 11 rings (SSSR count). The zero-order valence-corrected chi connectivity index (χ0v) is 30.6. The predicted molar refractivity (Wildman–Crippen MR) is 235 cm³/mol. The molecular formula is C54H35NO. The van der Waals surface area contributed by atoms with E-state index in [-0.39, 0.29) is 0 Å². The van der Waals surface area contributed by atoms with Crippen LogP contribution in [0, 0.1) is 0 Å². The minimum absolute atomic E-state index is 0.907. The lowest BCUT2D eigenvalue weighted by atomic mass is 9.97. The second kappa shape index (κ2) is 13.2. The molecule has 262 valence electrons. The quantitative estimate of drug-likeness (QED) is 0.168. The highest BCUT2D eigenvalue weighted by molar-refractivity contribution is 6.12. The number of rotatable bonds is 6. The van der Waals surface area contributed by atoms with E-state index < -0.39 is 0 Å². The maximum absolute atomic E-state index is 6.48. The smallest absolute Gasteiger partial charge is 0.143 e. The predicted octanol–water partition coefficient (Wildman–Crippen LogP) is 15.0. The fraction of sp³-hybridized carbons (Fsp3) is 0. The summed E-state index contributed by atoms with van der Waals surface area (Å²) in [5.74, 6) is 0. The van der Waals surface area contributed by atoms with Gasteiger partial charge >= 0.3 is 0 Å². The van der Waals surface area contributed by atoms with Crippen LogP contribution >= 0.6 is 0 Å². The second-order valence-electron chi connectivity index (χ2n) is 14.5. The second-order valence-corrected chi connectivity index (χ2v) is 14.5. The summed E-state index contributed by atoms with van der Waals surface area (Å²) in [5, 5.41) is 4.71. The van der Waals surface area contributed by atoms with Crippen molar-refractivity contribution < 1.29 is 4.42 Å². The fourth-order valence-electron chi connectivity index (χ4n) is 8.42. The van der Waals surface area contributed by atoms with Crippen LogP contribution in [0.15, 0.2) is 217 Å². The molecule has 56 heavy (non-hydrogen) atoms. The van der Waals surface area contributed by atoms with Gasteiger partial charge in [0.15, 0.2) is 0 Å². The van der Waals surface area contributed by atoms with Crippen molar-refractivity contribution in [3.05, 3.63) is 212 Å². The summed E-state index contributed by atoms with van der Waals surface area (Å²) in [6.07, 6.45) is 0. The van der Waals surface area contributed by atoms with Crippen LogP contribution in [-0.2, 0) is 0 Å². The minimum Gasteiger partial charge on any atom is -0.455 e. The first-order chi connectivity index (χ1) is 27.7. The molecule has 0 N–H and O–H groups in total. The Hall–Kier alpha value is -7.42. The lowest BCUT2D eigenvalue weighted by Crippen LogP contribution is -1.94. The monoisotopic (exact) mass is 713 g/mol. The lowest BCUT2D eigenvalue weighted by Gasteiger charge is -2.11. The molecule has 0 radical (unpaired) electrons. The number of fused-ring (bicyclic) bond motifs is 6. The Morgan fingerprint density at radius 1 is 0.286 bits per heavy atom. The average Bonchev–Trinajstić information content (AvgIpc) is 3.82. The fourth-order valence-corrected chi connectivity index (χ4v) is 8.42. The Morgan fingerprint density at radius 3 is 1.32 bits per heavy atom. The van der Waals surface area contributed by atoms with Gasteiger partial charge in [-0.25, -0.2) is 0 Å². The van der Waals surface area contributed by atoms with Crippen molar-refractivity contribution in [3.8, 4) is 61.3 Å². The van der Waals surface area contributed by atoms with Gasteiger partial charge in [0.05, 0.1) is 11.0 Å². The van der Waals surface area contributed by atoms with Crippen LogP contribution in [0.25, 0.3) is 105 Å². The molecule has 0 fully saturated rings. The van der Waals surface area contributed by atoms with Gasteiger partial charge in [0.25, 0.3) is 0 Å². The highest BCUT2D eigenvalue weighted by Gasteiger charge is 2.17. The lowest BCUT2D eigenvalue weighted by molar-refractivity contribution is 0.670. The third kappa shape index (κ3) is 5.42. The molecule has 0 saturated carbocycles. The van der Waals surface area contributed by atoms with Gasteiger partial charge in [0, 0.05) is 32.8 Å². The number of hydrogen-bond donors (Lipinski definition) is 0. The molecule has 0 atom stereocenters. The topological polar surface area (TPSA) is 18.1 Å². The minimum atomic E-state index is 0.907. The highest BCUT2D eigenvalue weighted by atomic mass is 16.3. The van der Waals surface area contributed by atoms with Gasteiger partial charge in [-0.2, -0.15) is 0 Å². The number of benzene rings is 9. The van der Waals surface area contributed by atoms with Crippen LogP contribution in [0.5, 0.6) is 0 Å².